The predicted octanol–water partition coefficient (Wildman–Crippen LogP) is 3.05. The second-order valence-electron chi connectivity index (χ2n) is 2.31. The van der Waals surface area contributed by atoms with Crippen LogP contribution >= 0.6 is 11.6 Å². The Morgan fingerprint density at radius 2 is 1.83 bits per heavy atom. The van der Waals surface area contributed by atoms with Gasteiger partial charge in [0.15, 0.2) is 0 Å². The lowest BCUT2D eigenvalue weighted by Crippen LogP contribution is -1.76. The van der Waals surface area contributed by atoms with E-state index in [1.165, 1.54) is 0 Å². The minimum Gasteiger partial charge on any atom is -0.344 e. The van der Waals surface area contributed by atoms with Crippen LogP contribution < -0.4 is 6.15 Å². The van der Waals surface area contributed by atoms with Crippen molar-refractivity contribution in [3.05, 3.63) is 41.6 Å². The Bertz CT molecular complexity index is 382. The van der Waals surface area contributed by atoms with Crippen molar-refractivity contribution in [2.75, 3.05) is 0 Å². The molecule has 1 aromatic carbocycles. The standard InChI is InChI=1S/C9H6ClN.H3N/c10-8-5-6-11-9-4-2-1-3-7(8)9;/h1-6H;1H3. The maximum absolute atomic E-state index is 5.92. The first-order valence-corrected chi connectivity index (χ1v) is 3.75. The molecule has 2 nitrogen and oxygen atoms in total. The smallest absolute Gasteiger partial charge is 0.0716 e. The van der Waals surface area contributed by atoms with Crippen molar-refractivity contribution >= 4 is 22.5 Å². The highest BCUT2D eigenvalue weighted by atomic mass is 35.5. The first-order valence-electron chi connectivity index (χ1n) is 3.37. The molecule has 0 spiro atoms. The summed E-state index contributed by atoms with van der Waals surface area (Å²) in [5.74, 6) is 0. The number of fused-ring (bicyclic) bond motifs is 1. The number of aromatic nitrogens is 1. The van der Waals surface area contributed by atoms with E-state index in [2.05, 4.69) is 4.98 Å². The minimum absolute atomic E-state index is 0. The lowest BCUT2D eigenvalue weighted by Gasteiger charge is -1.96. The summed E-state index contributed by atoms with van der Waals surface area (Å²) < 4.78 is 0. The summed E-state index contributed by atoms with van der Waals surface area (Å²) in [6.45, 7) is 0. The van der Waals surface area contributed by atoms with E-state index < -0.39 is 0 Å². The van der Waals surface area contributed by atoms with Gasteiger partial charge in [-0.1, -0.05) is 29.8 Å². The van der Waals surface area contributed by atoms with Crippen LogP contribution in [0.2, 0.25) is 5.02 Å². The molecular formula is C9H9ClN2. The Hall–Kier alpha value is -1.12. The summed E-state index contributed by atoms with van der Waals surface area (Å²) in [6, 6.07) is 9.61. The zero-order valence-corrected chi connectivity index (χ0v) is 7.25. The van der Waals surface area contributed by atoms with Crippen molar-refractivity contribution in [1.82, 2.24) is 11.1 Å². The summed E-state index contributed by atoms with van der Waals surface area (Å²) >= 11 is 5.92. The highest BCUT2D eigenvalue weighted by Gasteiger charge is 1.95. The van der Waals surface area contributed by atoms with Gasteiger partial charge < -0.3 is 6.15 Å². The highest BCUT2D eigenvalue weighted by Crippen LogP contribution is 2.19. The molecule has 2 aromatic rings. The third-order valence-electron chi connectivity index (χ3n) is 1.60. The van der Waals surface area contributed by atoms with E-state index in [9.17, 15) is 0 Å². The Labute approximate surface area is 75.8 Å². The van der Waals surface area contributed by atoms with Crippen molar-refractivity contribution in [2.45, 2.75) is 0 Å². The number of pyridine rings is 1. The maximum atomic E-state index is 5.92. The number of hydrogen-bond donors (Lipinski definition) is 1. The van der Waals surface area contributed by atoms with Crippen molar-refractivity contribution in [1.29, 1.82) is 0 Å². The van der Waals surface area contributed by atoms with E-state index in [1.54, 1.807) is 12.3 Å². The monoisotopic (exact) mass is 180 g/mol. The molecule has 0 aliphatic heterocycles. The number of hydrogen-bond acceptors (Lipinski definition) is 2. The molecule has 0 atom stereocenters. The van der Waals surface area contributed by atoms with Gasteiger partial charge in [0.25, 0.3) is 0 Å². The van der Waals surface area contributed by atoms with Crippen LogP contribution in [0, 0.1) is 0 Å². The fourth-order valence-electron chi connectivity index (χ4n) is 1.06. The molecule has 0 fully saturated rings. The lowest BCUT2D eigenvalue weighted by molar-refractivity contribution is 1.41. The summed E-state index contributed by atoms with van der Waals surface area (Å²) in [7, 11) is 0. The van der Waals surface area contributed by atoms with Gasteiger partial charge in [-0.05, 0) is 12.1 Å². The van der Waals surface area contributed by atoms with Gasteiger partial charge in [-0.3, -0.25) is 4.98 Å². The van der Waals surface area contributed by atoms with E-state index >= 15 is 0 Å². The molecule has 1 aromatic heterocycles. The average molecular weight is 181 g/mol. The van der Waals surface area contributed by atoms with Gasteiger partial charge in [0.1, 0.15) is 0 Å². The number of para-hydroxylation sites is 1. The third-order valence-corrected chi connectivity index (χ3v) is 1.93. The quantitative estimate of drug-likeness (QED) is 0.678. The average Bonchev–Trinajstić information content (AvgIpc) is 2.06. The van der Waals surface area contributed by atoms with Crippen LogP contribution in [0.25, 0.3) is 10.9 Å². The molecule has 0 aliphatic carbocycles. The van der Waals surface area contributed by atoms with Crippen molar-refractivity contribution in [3.63, 3.8) is 0 Å². The third kappa shape index (κ3) is 1.40. The Balaban J connectivity index is 0.000000720. The molecule has 1 heterocycles. The molecule has 12 heavy (non-hydrogen) atoms. The molecule has 0 unspecified atom stereocenters. The Morgan fingerprint density at radius 1 is 1.08 bits per heavy atom. The summed E-state index contributed by atoms with van der Waals surface area (Å²) in [5.41, 5.74) is 0.944. The minimum atomic E-state index is 0. The maximum Gasteiger partial charge on any atom is 0.0716 e. The Morgan fingerprint density at radius 3 is 2.58 bits per heavy atom. The summed E-state index contributed by atoms with van der Waals surface area (Å²) in [4.78, 5) is 4.16. The highest BCUT2D eigenvalue weighted by molar-refractivity contribution is 6.35. The lowest BCUT2D eigenvalue weighted by atomic mass is 10.2. The molecule has 3 heteroatoms. The van der Waals surface area contributed by atoms with Crippen LogP contribution in [-0.2, 0) is 0 Å². The van der Waals surface area contributed by atoms with Gasteiger partial charge >= 0.3 is 0 Å². The number of nitrogens with zero attached hydrogens (tertiary/aromatic N) is 1. The number of halogens is 1. The zero-order chi connectivity index (χ0) is 7.68. The molecule has 0 radical (unpaired) electrons. The largest absolute Gasteiger partial charge is 0.344 e. The predicted molar refractivity (Wildman–Crippen MR) is 51.8 cm³/mol. The normalized spacial score (nSPS) is 9.42. The van der Waals surface area contributed by atoms with E-state index in [-0.39, 0.29) is 6.15 Å². The van der Waals surface area contributed by atoms with Crippen molar-refractivity contribution in [2.24, 2.45) is 0 Å². The van der Waals surface area contributed by atoms with Gasteiger partial charge in [-0.2, -0.15) is 0 Å². The SMILES string of the molecule is Clc1ccnc2ccccc12.N. The van der Waals surface area contributed by atoms with Gasteiger partial charge in [-0.25, -0.2) is 0 Å². The van der Waals surface area contributed by atoms with E-state index in [0.717, 1.165) is 15.9 Å². The molecule has 2 rings (SSSR count). The summed E-state index contributed by atoms with van der Waals surface area (Å²) in [6.07, 6.45) is 1.71. The molecule has 0 saturated carbocycles. The van der Waals surface area contributed by atoms with Crippen LogP contribution in [-0.4, -0.2) is 4.98 Å². The molecule has 0 aliphatic rings. The van der Waals surface area contributed by atoms with Gasteiger partial charge in [0, 0.05) is 11.6 Å². The van der Waals surface area contributed by atoms with E-state index in [1.807, 2.05) is 24.3 Å². The molecule has 0 amide bonds. The molecular weight excluding hydrogens is 172 g/mol. The fourth-order valence-corrected chi connectivity index (χ4v) is 1.28. The fraction of sp³-hybridized carbons (Fsp3) is 0. The Kier molecular flexibility index (Phi) is 2.63. The molecule has 62 valence electrons. The van der Waals surface area contributed by atoms with Crippen LogP contribution in [0.5, 0.6) is 0 Å². The number of benzene rings is 1. The molecule has 3 N–H and O–H groups in total. The topological polar surface area (TPSA) is 47.9 Å². The molecule has 0 saturated heterocycles. The first-order chi connectivity index (χ1) is 5.38. The van der Waals surface area contributed by atoms with Crippen LogP contribution in [0.1, 0.15) is 0 Å². The van der Waals surface area contributed by atoms with Crippen LogP contribution in [0.3, 0.4) is 0 Å². The van der Waals surface area contributed by atoms with Crippen molar-refractivity contribution < 1.29 is 0 Å². The van der Waals surface area contributed by atoms with Crippen LogP contribution in [0.15, 0.2) is 36.5 Å². The zero-order valence-electron chi connectivity index (χ0n) is 6.50. The van der Waals surface area contributed by atoms with Crippen molar-refractivity contribution in [3.8, 4) is 0 Å². The second kappa shape index (κ2) is 3.52. The second-order valence-corrected chi connectivity index (χ2v) is 2.72. The molecule has 0 bridgehead atoms. The summed E-state index contributed by atoms with van der Waals surface area (Å²) in [5, 5.41) is 1.77. The van der Waals surface area contributed by atoms with Crippen LogP contribution in [0.4, 0.5) is 0 Å². The van der Waals surface area contributed by atoms with Gasteiger partial charge in [-0.15, -0.1) is 0 Å². The van der Waals surface area contributed by atoms with E-state index in [0.29, 0.717) is 0 Å². The number of rotatable bonds is 0. The first kappa shape index (κ1) is 8.97. The van der Waals surface area contributed by atoms with Gasteiger partial charge in [0.2, 0.25) is 0 Å². The van der Waals surface area contributed by atoms with Gasteiger partial charge in [0.05, 0.1) is 10.5 Å². The van der Waals surface area contributed by atoms with E-state index in [4.69, 9.17) is 11.6 Å².